The number of nitrogens with zero attached hydrogens (tertiary/aromatic N) is 4. The number of aromatic nitrogens is 4. The smallest absolute Gasteiger partial charge is 0.356 e. The lowest BCUT2D eigenvalue weighted by Crippen LogP contribution is -2.37. The average molecular weight is 357 g/mol. The van der Waals surface area contributed by atoms with Gasteiger partial charge in [-0.1, -0.05) is 0 Å². The number of fused-ring (bicyclic) bond motifs is 1. The van der Waals surface area contributed by atoms with Crippen molar-refractivity contribution in [2.45, 2.75) is 52.6 Å². The lowest BCUT2D eigenvalue weighted by Gasteiger charge is -2.28. The van der Waals surface area contributed by atoms with Crippen molar-refractivity contribution in [2.75, 3.05) is 6.54 Å². The van der Waals surface area contributed by atoms with Crippen molar-refractivity contribution in [3.05, 3.63) is 33.9 Å². The summed E-state index contributed by atoms with van der Waals surface area (Å²) in [6, 6.07) is 0. The molecule has 2 N–H and O–H groups in total. The molecule has 8 nitrogen and oxygen atoms in total. The molecule has 0 saturated heterocycles. The normalized spacial score (nSPS) is 16.6. The Morgan fingerprint density at radius 3 is 2.69 bits per heavy atom. The summed E-state index contributed by atoms with van der Waals surface area (Å²) in [7, 11) is 0. The molecule has 0 atom stereocenters. The van der Waals surface area contributed by atoms with Crippen molar-refractivity contribution in [3.8, 4) is 0 Å². The van der Waals surface area contributed by atoms with Crippen LogP contribution in [0.1, 0.15) is 51.5 Å². The standard InChI is InChI=1S/C18H23N5O3/c1-10-13(11(2)20-19-10)7-16(24)22-6-5-15-14(9-22)17(18(25)26)21-23(15)8-12-3-4-12/h12H,3-9H2,1-2H3,(H,19,20)(H,25,26). The van der Waals surface area contributed by atoms with Crippen LogP contribution in [0.3, 0.4) is 0 Å². The summed E-state index contributed by atoms with van der Waals surface area (Å²) in [5, 5.41) is 20.9. The molecule has 3 heterocycles. The molecule has 0 aromatic carbocycles. The molecule has 1 amide bonds. The summed E-state index contributed by atoms with van der Waals surface area (Å²) in [5.41, 5.74) is 4.42. The maximum absolute atomic E-state index is 12.8. The van der Waals surface area contributed by atoms with Gasteiger partial charge in [-0.3, -0.25) is 14.6 Å². The Kier molecular flexibility index (Phi) is 4.05. The van der Waals surface area contributed by atoms with Gasteiger partial charge >= 0.3 is 5.97 Å². The molecule has 138 valence electrons. The molecular formula is C18H23N5O3. The lowest BCUT2D eigenvalue weighted by molar-refractivity contribution is -0.131. The first-order valence-corrected chi connectivity index (χ1v) is 9.04. The van der Waals surface area contributed by atoms with Crippen LogP contribution in [0.15, 0.2) is 0 Å². The third-order valence-corrected chi connectivity index (χ3v) is 5.43. The minimum atomic E-state index is -1.02. The number of aromatic carboxylic acids is 1. The van der Waals surface area contributed by atoms with Gasteiger partial charge in [-0.15, -0.1) is 0 Å². The predicted molar refractivity (Wildman–Crippen MR) is 92.8 cm³/mol. The summed E-state index contributed by atoms with van der Waals surface area (Å²) < 4.78 is 1.86. The van der Waals surface area contributed by atoms with Crippen molar-refractivity contribution < 1.29 is 14.7 Å². The molecular weight excluding hydrogens is 334 g/mol. The average Bonchev–Trinajstić information content (AvgIpc) is 3.28. The molecule has 0 spiro atoms. The van der Waals surface area contributed by atoms with Gasteiger partial charge in [0.25, 0.3) is 0 Å². The van der Waals surface area contributed by atoms with E-state index in [1.54, 1.807) is 4.90 Å². The van der Waals surface area contributed by atoms with Crippen molar-refractivity contribution in [2.24, 2.45) is 5.92 Å². The second-order valence-electron chi connectivity index (χ2n) is 7.36. The summed E-state index contributed by atoms with van der Waals surface area (Å²) in [6.45, 7) is 5.48. The van der Waals surface area contributed by atoms with Crippen LogP contribution in [0.2, 0.25) is 0 Å². The number of carboxylic acid groups (broad SMARTS) is 1. The SMILES string of the molecule is Cc1n[nH]c(C)c1CC(=O)N1CCc2c(c(C(=O)O)nn2CC2CC2)C1. The number of aryl methyl sites for hydroxylation is 2. The zero-order chi connectivity index (χ0) is 18.4. The number of nitrogens with one attached hydrogen (secondary N) is 1. The van der Waals surface area contributed by atoms with E-state index in [0.717, 1.165) is 29.2 Å². The maximum atomic E-state index is 12.8. The Bertz CT molecular complexity index is 858. The number of carbonyl (C=O) groups is 2. The van der Waals surface area contributed by atoms with Crippen LogP contribution < -0.4 is 0 Å². The molecule has 1 saturated carbocycles. The molecule has 2 aromatic heterocycles. The summed E-state index contributed by atoms with van der Waals surface area (Å²) in [4.78, 5) is 26.1. The highest BCUT2D eigenvalue weighted by Gasteiger charge is 2.32. The van der Waals surface area contributed by atoms with E-state index in [4.69, 9.17) is 0 Å². The van der Waals surface area contributed by atoms with E-state index < -0.39 is 5.97 Å². The minimum absolute atomic E-state index is 0.00506. The molecule has 0 bridgehead atoms. The van der Waals surface area contributed by atoms with Gasteiger partial charge in [0.05, 0.1) is 12.1 Å². The van der Waals surface area contributed by atoms with Gasteiger partial charge in [0.2, 0.25) is 5.91 Å². The first-order valence-electron chi connectivity index (χ1n) is 9.04. The van der Waals surface area contributed by atoms with E-state index in [1.807, 2.05) is 18.5 Å². The number of rotatable bonds is 5. The third kappa shape index (κ3) is 3.00. The van der Waals surface area contributed by atoms with Gasteiger partial charge in [-0.25, -0.2) is 4.79 Å². The second-order valence-corrected chi connectivity index (χ2v) is 7.36. The van der Waals surface area contributed by atoms with Crippen LogP contribution in [-0.2, 0) is 30.7 Å². The van der Waals surface area contributed by atoms with Gasteiger partial charge in [-0.2, -0.15) is 10.2 Å². The maximum Gasteiger partial charge on any atom is 0.356 e. The van der Waals surface area contributed by atoms with Crippen molar-refractivity contribution in [3.63, 3.8) is 0 Å². The highest BCUT2D eigenvalue weighted by atomic mass is 16.4. The number of aromatic amines is 1. The summed E-state index contributed by atoms with van der Waals surface area (Å²) in [6.07, 6.45) is 3.30. The first-order chi connectivity index (χ1) is 12.4. The van der Waals surface area contributed by atoms with Gasteiger partial charge < -0.3 is 10.0 Å². The number of carbonyl (C=O) groups excluding carboxylic acids is 1. The van der Waals surface area contributed by atoms with Gasteiger partial charge in [0.15, 0.2) is 5.69 Å². The van der Waals surface area contributed by atoms with Crippen molar-refractivity contribution in [1.82, 2.24) is 24.9 Å². The largest absolute Gasteiger partial charge is 0.476 e. The molecule has 8 heteroatoms. The zero-order valence-corrected chi connectivity index (χ0v) is 15.1. The van der Waals surface area contributed by atoms with Crippen LogP contribution in [0.5, 0.6) is 0 Å². The van der Waals surface area contributed by atoms with E-state index in [9.17, 15) is 14.7 Å². The number of hydrogen-bond donors (Lipinski definition) is 2. The number of H-pyrrole nitrogens is 1. The summed E-state index contributed by atoms with van der Waals surface area (Å²) in [5.74, 6) is -0.409. The highest BCUT2D eigenvalue weighted by molar-refractivity contribution is 5.88. The van der Waals surface area contributed by atoms with Crippen LogP contribution in [0, 0.1) is 19.8 Å². The fraction of sp³-hybridized carbons (Fsp3) is 0.556. The monoisotopic (exact) mass is 357 g/mol. The highest BCUT2D eigenvalue weighted by Crippen LogP contribution is 2.32. The van der Waals surface area contributed by atoms with Crippen molar-refractivity contribution >= 4 is 11.9 Å². The fourth-order valence-electron chi connectivity index (χ4n) is 3.67. The van der Waals surface area contributed by atoms with E-state index in [-0.39, 0.29) is 18.0 Å². The Morgan fingerprint density at radius 1 is 1.31 bits per heavy atom. The Morgan fingerprint density at radius 2 is 2.08 bits per heavy atom. The van der Waals surface area contributed by atoms with Gasteiger partial charge in [-0.05, 0) is 32.6 Å². The molecule has 4 rings (SSSR count). The molecule has 2 aromatic rings. The number of carboxylic acids is 1. The van der Waals surface area contributed by atoms with E-state index in [2.05, 4.69) is 15.3 Å². The van der Waals surface area contributed by atoms with Crippen LogP contribution in [-0.4, -0.2) is 48.4 Å². The Labute approximate surface area is 151 Å². The molecule has 1 aliphatic heterocycles. The lowest BCUT2D eigenvalue weighted by atomic mass is 10.0. The van der Waals surface area contributed by atoms with E-state index >= 15 is 0 Å². The molecule has 1 aliphatic carbocycles. The summed E-state index contributed by atoms with van der Waals surface area (Å²) >= 11 is 0. The quantitative estimate of drug-likeness (QED) is 0.843. The Hall–Kier alpha value is -2.64. The van der Waals surface area contributed by atoms with Gasteiger partial charge in [0, 0.05) is 48.6 Å². The molecule has 1 fully saturated rings. The zero-order valence-electron chi connectivity index (χ0n) is 15.1. The number of hydrogen-bond acceptors (Lipinski definition) is 4. The van der Waals surface area contributed by atoms with Gasteiger partial charge in [0.1, 0.15) is 0 Å². The van der Waals surface area contributed by atoms with Crippen molar-refractivity contribution in [1.29, 1.82) is 0 Å². The minimum Gasteiger partial charge on any atom is -0.476 e. The molecule has 26 heavy (non-hydrogen) atoms. The van der Waals surface area contributed by atoms with Crippen LogP contribution >= 0.6 is 0 Å². The molecule has 0 unspecified atom stereocenters. The topological polar surface area (TPSA) is 104 Å². The molecule has 0 radical (unpaired) electrons. The fourth-order valence-corrected chi connectivity index (χ4v) is 3.67. The first kappa shape index (κ1) is 16.8. The Balaban J connectivity index is 1.55. The second kappa shape index (κ2) is 6.26. The van der Waals surface area contributed by atoms with E-state index in [1.165, 1.54) is 12.8 Å². The van der Waals surface area contributed by atoms with E-state index in [0.29, 0.717) is 31.0 Å². The van der Waals surface area contributed by atoms with Crippen LogP contribution in [0.4, 0.5) is 0 Å². The van der Waals surface area contributed by atoms with Crippen LogP contribution in [0.25, 0.3) is 0 Å². The number of amides is 1. The predicted octanol–water partition coefficient (Wildman–Crippen LogP) is 1.46. The molecule has 2 aliphatic rings. The third-order valence-electron chi connectivity index (χ3n) is 5.43.